The lowest BCUT2D eigenvalue weighted by molar-refractivity contribution is -0.146. The first kappa shape index (κ1) is 11.5. The van der Waals surface area contributed by atoms with Crippen molar-refractivity contribution in [2.75, 3.05) is 18.0 Å². The first-order chi connectivity index (χ1) is 8.60. The largest absolute Gasteiger partial charge is 0.481 e. The zero-order chi connectivity index (χ0) is 12.8. The van der Waals surface area contributed by atoms with Crippen molar-refractivity contribution in [2.24, 2.45) is 5.41 Å². The van der Waals surface area contributed by atoms with Gasteiger partial charge >= 0.3 is 5.97 Å². The third-order valence-electron chi connectivity index (χ3n) is 3.65. The number of aliphatic carboxylic acids is 1. The fourth-order valence-electron chi connectivity index (χ4n) is 2.45. The molecular formula is C13H14N2O2S. The molecule has 4 nitrogen and oxygen atoms in total. The minimum absolute atomic E-state index is 0.532. The van der Waals surface area contributed by atoms with Gasteiger partial charge in [0, 0.05) is 29.4 Å². The highest BCUT2D eigenvalue weighted by atomic mass is 32.1. The number of thiophene rings is 1. The summed E-state index contributed by atoms with van der Waals surface area (Å²) in [6, 6.07) is 4.05. The van der Waals surface area contributed by atoms with Crippen LogP contribution in [0.15, 0.2) is 23.7 Å². The van der Waals surface area contributed by atoms with Gasteiger partial charge in [-0.05, 0) is 30.9 Å². The van der Waals surface area contributed by atoms with Crippen molar-refractivity contribution in [1.82, 2.24) is 4.98 Å². The predicted molar refractivity (Wildman–Crippen MR) is 72.2 cm³/mol. The number of pyridine rings is 1. The molecular weight excluding hydrogens is 248 g/mol. The van der Waals surface area contributed by atoms with Crippen LogP contribution in [0.4, 0.5) is 5.82 Å². The van der Waals surface area contributed by atoms with Gasteiger partial charge in [-0.2, -0.15) is 0 Å². The molecule has 1 saturated heterocycles. The fraction of sp³-hybridized carbons (Fsp3) is 0.385. The van der Waals surface area contributed by atoms with E-state index in [9.17, 15) is 9.90 Å². The molecule has 0 radical (unpaired) electrons. The summed E-state index contributed by atoms with van der Waals surface area (Å²) in [5, 5.41) is 12.4. The van der Waals surface area contributed by atoms with Crippen LogP contribution in [-0.2, 0) is 4.79 Å². The number of hydrogen-bond donors (Lipinski definition) is 1. The monoisotopic (exact) mass is 262 g/mol. The molecule has 0 aromatic carbocycles. The van der Waals surface area contributed by atoms with E-state index in [-0.39, 0.29) is 0 Å². The number of rotatable bonds is 2. The average Bonchev–Trinajstić information content (AvgIpc) is 2.95. The van der Waals surface area contributed by atoms with E-state index in [4.69, 9.17) is 0 Å². The van der Waals surface area contributed by atoms with Crippen LogP contribution in [0.1, 0.15) is 13.3 Å². The molecule has 0 aliphatic carbocycles. The van der Waals surface area contributed by atoms with E-state index < -0.39 is 11.4 Å². The molecule has 0 amide bonds. The number of hydrogen-bond acceptors (Lipinski definition) is 4. The summed E-state index contributed by atoms with van der Waals surface area (Å²) >= 11 is 1.68. The Hall–Kier alpha value is -1.62. The Bertz CT molecular complexity index is 610. The molecule has 1 N–H and O–H groups in total. The Morgan fingerprint density at radius 2 is 2.39 bits per heavy atom. The number of carboxylic acids is 1. The molecule has 3 rings (SSSR count). The third kappa shape index (κ3) is 1.66. The standard InChI is InChI=1S/C13H14N2O2S/c1-13(12(16)17)4-6-15(8-13)11-9-3-7-18-10(9)2-5-14-11/h2-3,5,7H,4,6,8H2,1H3,(H,16,17). The molecule has 1 aliphatic rings. The van der Waals surface area contributed by atoms with Gasteiger partial charge in [-0.15, -0.1) is 11.3 Å². The summed E-state index contributed by atoms with van der Waals surface area (Å²) < 4.78 is 1.20. The van der Waals surface area contributed by atoms with Crippen LogP contribution in [-0.4, -0.2) is 29.1 Å². The van der Waals surface area contributed by atoms with Gasteiger partial charge in [-0.1, -0.05) is 0 Å². The van der Waals surface area contributed by atoms with Crippen LogP contribution in [0.25, 0.3) is 10.1 Å². The number of aromatic nitrogens is 1. The fourth-order valence-corrected chi connectivity index (χ4v) is 3.22. The van der Waals surface area contributed by atoms with Gasteiger partial charge in [-0.3, -0.25) is 4.79 Å². The molecule has 1 unspecified atom stereocenters. The van der Waals surface area contributed by atoms with E-state index in [1.165, 1.54) is 4.70 Å². The number of nitrogens with zero attached hydrogens (tertiary/aromatic N) is 2. The van der Waals surface area contributed by atoms with Gasteiger partial charge in [0.15, 0.2) is 0 Å². The SMILES string of the molecule is CC1(C(=O)O)CCN(c2nccc3sccc23)C1. The van der Waals surface area contributed by atoms with E-state index in [2.05, 4.69) is 16.0 Å². The van der Waals surface area contributed by atoms with Gasteiger partial charge in [0.1, 0.15) is 5.82 Å². The van der Waals surface area contributed by atoms with Crippen LogP contribution in [0.5, 0.6) is 0 Å². The highest BCUT2D eigenvalue weighted by Gasteiger charge is 2.41. The van der Waals surface area contributed by atoms with E-state index >= 15 is 0 Å². The van der Waals surface area contributed by atoms with Gasteiger partial charge in [0.05, 0.1) is 5.41 Å². The van der Waals surface area contributed by atoms with E-state index in [0.717, 1.165) is 17.7 Å². The Kier molecular flexibility index (Phi) is 2.52. The summed E-state index contributed by atoms with van der Waals surface area (Å²) in [5.41, 5.74) is -0.653. The Labute approximate surface area is 109 Å². The van der Waals surface area contributed by atoms with Crippen molar-refractivity contribution in [3.05, 3.63) is 23.7 Å². The third-order valence-corrected chi connectivity index (χ3v) is 4.53. The summed E-state index contributed by atoms with van der Waals surface area (Å²) in [4.78, 5) is 17.8. The summed E-state index contributed by atoms with van der Waals surface area (Å²) in [6.45, 7) is 3.10. The molecule has 2 aromatic heterocycles. The molecule has 0 spiro atoms. The van der Waals surface area contributed by atoms with E-state index in [0.29, 0.717) is 13.0 Å². The zero-order valence-electron chi connectivity index (χ0n) is 10.1. The number of carbonyl (C=O) groups is 1. The maximum atomic E-state index is 11.3. The predicted octanol–water partition coefficient (Wildman–Crippen LogP) is 2.60. The molecule has 18 heavy (non-hydrogen) atoms. The smallest absolute Gasteiger partial charge is 0.311 e. The molecule has 2 aromatic rings. The molecule has 1 fully saturated rings. The van der Waals surface area contributed by atoms with Crippen molar-refractivity contribution in [2.45, 2.75) is 13.3 Å². The number of fused-ring (bicyclic) bond motifs is 1. The quantitative estimate of drug-likeness (QED) is 0.904. The zero-order valence-corrected chi connectivity index (χ0v) is 10.9. The molecule has 94 valence electrons. The second-order valence-electron chi connectivity index (χ2n) is 5.00. The minimum atomic E-state index is -0.720. The average molecular weight is 262 g/mol. The Morgan fingerprint density at radius 1 is 1.56 bits per heavy atom. The van der Waals surface area contributed by atoms with Crippen LogP contribution < -0.4 is 4.90 Å². The summed E-state index contributed by atoms with van der Waals surface area (Å²) in [7, 11) is 0. The summed E-state index contributed by atoms with van der Waals surface area (Å²) in [5.74, 6) is 0.196. The van der Waals surface area contributed by atoms with Crippen molar-refractivity contribution >= 4 is 33.2 Å². The van der Waals surface area contributed by atoms with Crippen molar-refractivity contribution < 1.29 is 9.90 Å². The number of anilines is 1. The van der Waals surface area contributed by atoms with Gasteiger partial charge in [-0.25, -0.2) is 4.98 Å². The minimum Gasteiger partial charge on any atom is -0.481 e. The van der Waals surface area contributed by atoms with Gasteiger partial charge < -0.3 is 10.0 Å². The first-order valence-electron chi connectivity index (χ1n) is 5.91. The van der Waals surface area contributed by atoms with Gasteiger partial charge in [0.25, 0.3) is 0 Å². The Morgan fingerprint density at radius 3 is 3.11 bits per heavy atom. The van der Waals surface area contributed by atoms with E-state index in [1.54, 1.807) is 17.5 Å². The molecule has 1 aliphatic heterocycles. The topological polar surface area (TPSA) is 53.4 Å². The molecule has 5 heteroatoms. The Balaban J connectivity index is 1.98. The van der Waals surface area contributed by atoms with Crippen molar-refractivity contribution in [3.63, 3.8) is 0 Å². The highest BCUT2D eigenvalue weighted by molar-refractivity contribution is 7.17. The van der Waals surface area contributed by atoms with Gasteiger partial charge in [0.2, 0.25) is 0 Å². The lowest BCUT2D eigenvalue weighted by Crippen LogP contribution is -2.32. The number of carboxylic acid groups (broad SMARTS) is 1. The molecule has 3 heterocycles. The molecule has 1 atom stereocenters. The highest BCUT2D eigenvalue weighted by Crippen LogP contribution is 2.36. The lowest BCUT2D eigenvalue weighted by atomic mass is 9.90. The second-order valence-corrected chi connectivity index (χ2v) is 5.95. The van der Waals surface area contributed by atoms with Crippen molar-refractivity contribution in [3.8, 4) is 0 Å². The van der Waals surface area contributed by atoms with Crippen LogP contribution >= 0.6 is 11.3 Å². The van der Waals surface area contributed by atoms with Crippen LogP contribution in [0, 0.1) is 5.41 Å². The molecule has 0 saturated carbocycles. The van der Waals surface area contributed by atoms with Crippen LogP contribution in [0.2, 0.25) is 0 Å². The van der Waals surface area contributed by atoms with Crippen LogP contribution in [0.3, 0.4) is 0 Å². The first-order valence-corrected chi connectivity index (χ1v) is 6.79. The maximum Gasteiger partial charge on any atom is 0.311 e. The second kappa shape index (κ2) is 3.95. The maximum absolute atomic E-state index is 11.3. The normalized spacial score (nSPS) is 23.7. The van der Waals surface area contributed by atoms with Crippen molar-refractivity contribution in [1.29, 1.82) is 0 Å². The lowest BCUT2D eigenvalue weighted by Gasteiger charge is -2.21. The van der Waals surface area contributed by atoms with E-state index in [1.807, 2.05) is 18.4 Å². The molecule has 0 bridgehead atoms. The summed E-state index contributed by atoms with van der Waals surface area (Å²) in [6.07, 6.45) is 2.47.